The fraction of sp³-hybridized carbons (Fsp3) is 0.909. The van der Waals surface area contributed by atoms with E-state index in [1.807, 2.05) is 6.92 Å². The fourth-order valence-corrected chi connectivity index (χ4v) is 1.34. The van der Waals surface area contributed by atoms with Crippen molar-refractivity contribution in [3.63, 3.8) is 0 Å². The van der Waals surface area contributed by atoms with Crippen molar-refractivity contribution in [2.45, 2.75) is 27.2 Å². The van der Waals surface area contributed by atoms with Gasteiger partial charge in [0, 0.05) is 26.7 Å². The molecule has 0 saturated heterocycles. The number of nitrogens with one attached hydrogen (secondary N) is 1. The maximum absolute atomic E-state index is 11.4. The summed E-state index contributed by atoms with van der Waals surface area (Å²) in [5.41, 5.74) is 0. The Morgan fingerprint density at radius 1 is 1.13 bits per heavy atom. The van der Waals surface area contributed by atoms with Gasteiger partial charge in [0.25, 0.3) is 0 Å². The van der Waals surface area contributed by atoms with Crippen molar-refractivity contribution in [3.05, 3.63) is 0 Å². The lowest BCUT2D eigenvalue weighted by molar-refractivity contribution is 0.207. The molecule has 0 aromatic carbocycles. The van der Waals surface area contributed by atoms with E-state index in [2.05, 4.69) is 24.1 Å². The summed E-state index contributed by atoms with van der Waals surface area (Å²) >= 11 is 0. The van der Waals surface area contributed by atoms with Crippen LogP contribution in [0.3, 0.4) is 0 Å². The summed E-state index contributed by atoms with van der Waals surface area (Å²) < 4.78 is 0. The molecule has 0 spiro atoms. The van der Waals surface area contributed by atoms with Gasteiger partial charge in [0.05, 0.1) is 0 Å². The second-order valence-corrected chi connectivity index (χ2v) is 3.68. The Labute approximate surface area is 93.6 Å². The van der Waals surface area contributed by atoms with Crippen LogP contribution in [0.2, 0.25) is 0 Å². The minimum absolute atomic E-state index is 0.0186. The lowest BCUT2D eigenvalue weighted by Gasteiger charge is -2.21. The average Bonchev–Trinajstić information content (AvgIpc) is 2.26. The molecule has 0 rings (SSSR count). The molecule has 0 aromatic heterocycles. The standard InChI is InChI=1S/C11H25N3O/c1-5-9-14(7-3)10-8-12-11(15)13(4)6-2/h5-10H2,1-4H3,(H,12,15). The maximum Gasteiger partial charge on any atom is 0.317 e. The van der Waals surface area contributed by atoms with E-state index >= 15 is 0 Å². The monoisotopic (exact) mass is 215 g/mol. The number of nitrogens with zero attached hydrogens (tertiary/aromatic N) is 2. The predicted octanol–water partition coefficient (Wildman–Crippen LogP) is 1.38. The lowest BCUT2D eigenvalue weighted by atomic mass is 10.4. The molecule has 0 aliphatic rings. The molecule has 0 saturated carbocycles. The van der Waals surface area contributed by atoms with Gasteiger partial charge in [-0.3, -0.25) is 0 Å². The third-order valence-corrected chi connectivity index (χ3v) is 2.51. The van der Waals surface area contributed by atoms with E-state index < -0.39 is 0 Å². The Kier molecular flexibility index (Phi) is 8.09. The molecule has 0 aromatic rings. The summed E-state index contributed by atoms with van der Waals surface area (Å²) in [4.78, 5) is 15.4. The zero-order valence-electron chi connectivity index (χ0n) is 10.5. The van der Waals surface area contributed by atoms with Crippen LogP contribution in [0, 0.1) is 0 Å². The van der Waals surface area contributed by atoms with Gasteiger partial charge in [0.1, 0.15) is 0 Å². The molecule has 4 nitrogen and oxygen atoms in total. The van der Waals surface area contributed by atoms with E-state index in [0.717, 1.165) is 39.1 Å². The Hall–Kier alpha value is -0.770. The highest BCUT2D eigenvalue weighted by molar-refractivity contribution is 5.73. The molecular formula is C11H25N3O. The smallest absolute Gasteiger partial charge is 0.317 e. The van der Waals surface area contributed by atoms with E-state index in [0.29, 0.717) is 0 Å². The number of rotatable bonds is 7. The molecule has 0 radical (unpaired) electrons. The second-order valence-electron chi connectivity index (χ2n) is 3.68. The molecule has 0 bridgehead atoms. The van der Waals surface area contributed by atoms with Crippen molar-refractivity contribution in [2.75, 3.05) is 39.8 Å². The molecule has 0 aliphatic heterocycles. The van der Waals surface area contributed by atoms with Crippen molar-refractivity contribution in [1.82, 2.24) is 15.1 Å². The number of amides is 2. The van der Waals surface area contributed by atoms with Crippen LogP contribution >= 0.6 is 0 Å². The van der Waals surface area contributed by atoms with Crippen molar-refractivity contribution in [2.24, 2.45) is 0 Å². The largest absolute Gasteiger partial charge is 0.337 e. The molecule has 0 aliphatic carbocycles. The quantitative estimate of drug-likeness (QED) is 0.696. The second kappa shape index (κ2) is 8.53. The van der Waals surface area contributed by atoms with E-state index in [-0.39, 0.29) is 6.03 Å². The summed E-state index contributed by atoms with van der Waals surface area (Å²) in [5.74, 6) is 0. The van der Waals surface area contributed by atoms with Gasteiger partial charge in [-0.1, -0.05) is 13.8 Å². The lowest BCUT2D eigenvalue weighted by Crippen LogP contribution is -2.41. The summed E-state index contributed by atoms with van der Waals surface area (Å²) in [7, 11) is 1.80. The molecule has 2 amide bonds. The Balaban J connectivity index is 3.63. The molecule has 90 valence electrons. The van der Waals surface area contributed by atoms with Crippen LogP contribution in [0.5, 0.6) is 0 Å². The Bertz CT molecular complexity index is 173. The van der Waals surface area contributed by atoms with Crippen molar-refractivity contribution in [3.8, 4) is 0 Å². The molecule has 0 atom stereocenters. The van der Waals surface area contributed by atoms with Crippen LogP contribution in [0.4, 0.5) is 4.79 Å². The topological polar surface area (TPSA) is 35.6 Å². The maximum atomic E-state index is 11.4. The van der Waals surface area contributed by atoms with E-state index in [9.17, 15) is 4.79 Å². The number of carbonyl (C=O) groups excluding carboxylic acids is 1. The van der Waals surface area contributed by atoms with Gasteiger partial charge < -0.3 is 15.1 Å². The van der Waals surface area contributed by atoms with Crippen LogP contribution in [0.1, 0.15) is 27.2 Å². The molecular weight excluding hydrogens is 190 g/mol. The molecule has 0 unspecified atom stereocenters. The van der Waals surface area contributed by atoms with Gasteiger partial charge >= 0.3 is 6.03 Å². The van der Waals surface area contributed by atoms with Crippen molar-refractivity contribution >= 4 is 6.03 Å². The molecule has 4 heteroatoms. The highest BCUT2D eigenvalue weighted by atomic mass is 16.2. The molecule has 15 heavy (non-hydrogen) atoms. The average molecular weight is 215 g/mol. The number of hydrogen-bond acceptors (Lipinski definition) is 2. The normalized spacial score (nSPS) is 10.5. The highest BCUT2D eigenvalue weighted by Crippen LogP contribution is 1.89. The highest BCUT2D eigenvalue weighted by Gasteiger charge is 2.05. The van der Waals surface area contributed by atoms with E-state index in [1.54, 1.807) is 11.9 Å². The van der Waals surface area contributed by atoms with Crippen molar-refractivity contribution < 1.29 is 4.79 Å². The minimum atomic E-state index is 0.0186. The third-order valence-electron chi connectivity index (χ3n) is 2.51. The summed E-state index contributed by atoms with van der Waals surface area (Å²) in [6.07, 6.45) is 1.16. The van der Waals surface area contributed by atoms with Gasteiger partial charge in [-0.05, 0) is 26.4 Å². The first-order valence-corrected chi connectivity index (χ1v) is 5.86. The first-order chi connectivity index (χ1) is 7.15. The van der Waals surface area contributed by atoms with E-state index in [1.165, 1.54) is 0 Å². The zero-order chi connectivity index (χ0) is 11.7. The Morgan fingerprint density at radius 2 is 1.80 bits per heavy atom. The number of carbonyl (C=O) groups is 1. The Morgan fingerprint density at radius 3 is 2.27 bits per heavy atom. The molecule has 0 fully saturated rings. The molecule has 0 heterocycles. The summed E-state index contributed by atoms with van der Waals surface area (Å²) in [5, 5.41) is 2.90. The van der Waals surface area contributed by atoms with Crippen LogP contribution in [0.15, 0.2) is 0 Å². The van der Waals surface area contributed by atoms with Crippen LogP contribution in [-0.2, 0) is 0 Å². The first-order valence-electron chi connectivity index (χ1n) is 5.86. The minimum Gasteiger partial charge on any atom is -0.337 e. The van der Waals surface area contributed by atoms with E-state index in [4.69, 9.17) is 0 Å². The predicted molar refractivity (Wildman–Crippen MR) is 64.1 cm³/mol. The number of likely N-dealkylation sites (N-methyl/N-ethyl adjacent to an activating group) is 1. The molecule has 1 N–H and O–H groups in total. The van der Waals surface area contributed by atoms with Crippen LogP contribution < -0.4 is 5.32 Å². The summed E-state index contributed by atoms with van der Waals surface area (Å²) in [6, 6.07) is 0.0186. The number of urea groups is 1. The van der Waals surface area contributed by atoms with Crippen LogP contribution in [0.25, 0.3) is 0 Å². The zero-order valence-corrected chi connectivity index (χ0v) is 10.5. The van der Waals surface area contributed by atoms with Crippen LogP contribution in [-0.4, -0.2) is 55.6 Å². The van der Waals surface area contributed by atoms with Gasteiger partial charge in [-0.15, -0.1) is 0 Å². The fourth-order valence-electron chi connectivity index (χ4n) is 1.34. The van der Waals surface area contributed by atoms with Gasteiger partial charge in [-0.2, -0.15) is 0 Å². The first kappa shape index (κ1) is 14.2. The summed E-state index contributed by atoms with van der Waals surface area (Å²) in [6.45, 7) is 10.9. The van der Waals surface area contributed by atoms with Crippen molar-refractivity contribution in [1.29, 1.82) is 0 Å². The SMILES string of the molecule is CCCN(CC)CCNC(=O)N(C)CC. The van der Waals surface area contributed by atoms with Gasteiger partial charge in [0.2, 0.25) is 0 Å². The third kappa shape index (κ3) is 6.33. The number of hydrogen-bond donors (Lipinski definition) is 1. The van der Waals surface area contributed by atoms with Gasteiger partial charge in [0.15, 0.2) is 0 Å². The van der Waals surface area contributed by atoms with Gasteiger partial charge in [-0.25, -0.2) is 4.79 Å².